The van der Waals surface area contributed by atoms with E-state index in [4.69, 9.17) is 0 Å². The molecule has 112 valence electrons. The van der Waals surface area contributed by atoms with E-state index in [-0.39, 0.29) is 11.4 Å². The Kier molecular flexibility index (Phi) is 4.63. The lowest BCUT2D eigenvalue weighted by atomic mass is 10.1. The summed E-state index contributed by atoms with van der Waals surface area (Å²) in [4.78, 5) is 21.7. The van der Waals surface area contributed by atoms with Gasteiger partial charge in [-0.05, 0) is 24.6 Å². The zero-order valence-electron chi connectivity index (χ0n) is 11.7. The molecule has 6 heteroatoms. The first-order valence-electron chi connectivity index (χ1n) is 6.45. The second-order valence-corrected chi connectivity index (χ2v) is 4.65. The molecule has 22 heavy (non-hydrogen) atoms. The third-order valence-corrected chi connectivity index (χ3v) is 2.92. The fraction of sp³-hybridized carbons (Fsp3) is 0.0625. The van der Waals surface area contributed by atoms with Crippen molar-refractivity contribution in [2.75, 3.05) is 5.32 Å². The number of hydrogen-bond donors (Lipinski definition) is 1. The SMILES string of the molecule is Cc1ccc(/C=C/C(=O)Nc2cc([N+](=O)[O-])ccc2F)cc1. The zero-order valence-corrected chi connectivity index (χ0v) is 11.7. The van der Waals surface area contributed by atoms with Crippen LogP contribution < -0.4 is 5.32 Å². The Morgan fingerprint density at radius 1 is 1.23 bits per heavy atom. The van der Waals surface area contributed by atoms with Gasteiger partial charge in [-0.2, -0.15) is 0 Å². The van der Waals surface area contributed by atoms with Crippen molar-refractivity contribution in [2.45, 2.75) is 6.92 Å². The van der Waals surface area contributed by atoms with Gasteiger partial charge < -0.3 is 5.32 Å². The number of carbonyl (C=O) groups excluding carboxylic acids is 1. The predicted molar refractivity (Wildman–Crippen MR) is 81.9 cm³/mol. The number of anilines is 1. The molecule has 0 atom stereocenters. The summed E-state index contributed by atoms with van der Waals surface area (Å²) < 4.78 is 13.5. The van der Waals surface area contributed by atoms with Crippen molar-refractivity contribution < 1.29 is 14.1 Å². The molecule has 0 heterocycles. The number of nitro benzene ring substituents is 1. The van der Waals surface area contributed by atoms with Crippen LogP contribution in [0.15, 0.2) is 48.5 Å². The van der Waals surface area contributed by atoms with E-state index in [9.17, 15) is 19.3 Å². The average molecular weight is 300 g/mol. The van der Waals surface area contributed by atoms with Crippen molar-refractivity contribution >= 4 is 23.4 Å². The van der Waals surface area contributed by atoms with Crippen molar-refractivity contribution in [3.8, 4) is 0 Å². The summed E-state index contributed by atoms with van der Waals surface area (Å²) in [5, 5.41) is 12.9. The molecule has 0 aromatic heterocycles. The van der Waals surface area contributed by atoms with Crippen LogP contribution in [0.1, 0.15) is 11.1 Å². The van der Waals surface area contributed by atoms with Crippen molar-refractivity contribution in [2.24, 2.45) is 0 Å². The van der Waals surface area contributed by atoms with E-state index in [1.807, 2.05) is 31.2 Å². The molecule has 5 nitrogen and oxygen atoms in total. The van der Waals surface area contributed by atoms with E-state index in [0.29, 0.717) is 0 Å². The van der Waals surface area contributed by atoms with E-state index in [2.05, 4.69) is 5.32 Å². The summed E-state index contributed by atoms with van der Waals surface area (Å²) in [6.07, 6.45) is 2.81. The molecule has 0 radical (unpaired) electrons. The van der Waals surface area contributed by atoms with Crippen LogP contribution in [0, 0.1) is 22.9 Å². The Bertz CT molecular complexity index is 740. The average Bonchev–Trinajstić information content (AvgIpc) is 2.48. The first kappa shape index (κ1) is 15.4. The topological polar surface area (TPSA) is 72.2 Å². The van der Waals surface area contributed by atoms with E-state index in [1.165, 1.54) is 6.08 Å². The molecule has 0 unspecified atom stereocenters. The van der Waals surface area contributed by atoms with Gasteiger partial charge in [-0.25, -0.2) is 4.39 Å². The van der Waals surface area contributed by atoms with Crippen LogP contribution in [-0.4, -0.2) is 10.8 Å². The highest BCUT2D eigenvalue weighted by Crippen LogP contribution is 2.21. The third kappa shape index (κ3) is 3.99. The Morgan fingerprint density at radius 2 is 1.91 bits per heavy atom. The number of nitrogens with one attached hydrogen (secondary N) is 1. The van der Waals surface area contributed by atoms with E-state index in [1.54, 1.807) is 6.08 Å². The molecular weight excluding hydrogens is 287 g/mol. The Balaban J connectivity index is 2.10. The number of carbonyl (C=O) groups is 1. The fourth-order valence-corrected chi connectivity index (χ4v) is 1.75. The summed E-state index contributed by atoms with van der Waals surface area (Å²) in [5.41, 5.74) is 1.40. The van der Waals surface area contributed by atoms with Crippen molar-refractivity contribution in [1.82, 2.24) is 0 Å². The van der Waals surface area contributed by atoms with Crippen LogP contribution in [-0.2, 0) is 4.79 Å². The van der Waals surface area contributed by atoms with Gasteiger partial charge in [0.25, 0.3) is 5.69 Å². The van der Waals surface area contributed by atoms with Crippen LogP contribution >= 0.6 is 0 Å². The van der Waals surface area contributed by atoms with Crippen LogP contribution in [0.2, 0.25) is 0 Å². The highest BCUT2D eigenvalue weighted by Gasteiger charge is 2.11. The van der Waals surface area contributed by atoms with Gasteiger partial charge in [0.15, 0.2) is 0 Å². The lowest BCUT2D eigenvalue weighted by Gasteiger charge is -2.03. The largest absolute Gasteiger partial charge is 0.320 e. The van der Waals surface area contributed by atoms with Crippen molar-refractivity contribution in [3.05, 3.63) is 75.6 Å². The maximum absolute atomic E-state index is 13.5. The molecular formula is C16H13FN2O3. The number of hydrogen-bond acceptors (Lipinski definition) is 3. The third-order valence-electron chi connectivity index (χ3n) is 2.92. The van der Waals surface area contributed by atoms with Crippen molar-refractivity contribution in [1.29, 1.82) is 0 Å². The summed E-state index contributed by atoms with van der Waals surface area (Å²) in [6.45, 7) is 1.95. The van der Waals surface area contributed by atoms with Crippen molar-refractivity contribution in [3.63, 3.8) is 0 Å². The minimum absolute atomic E-state index is 0.229. The minimum atomic E-state index is -0.734. The number of nitro groups is 1. The fourth-order valence-electron chi connectivity index (χ4n) is 1.75. The standard InChI is InChI=1S/C16H13FN2O3/c1-11-2-4-12(5-3-11)6-9-16(20)18-15-10-13(19(21)22)7-8-14(15)17/h2-10H,1H3,(H,18,20)/b9-6+. The number of non-ortho nitro benzene ring substituents is 1. The molecule has 0 aliphatic carbocycles. The first-order chi connectivity index (χ1) is 10.5. The van der Waals surface area contributed by atoms with Crippen LogP contribution in [0.4, 0.5) is 15.8 Å². The molecule has 0 aliphatic heterocycles. The molecule has 2 rings (SSSR count). The molecule has 1 amide bonds. The maximum atomic E-state index is 13.5. The minimum Gasteiger partial charge on any atom is -0.320 e. The number of halogens is 1. The molecule has 2 aromatic carbocycles. The summed E-state index contributed by atoms with van der Waals surface area (Å²) in [7, 11) is 0. The number of nitrogens with zero attached hydrogens (tertiary/aromatic N) is 1. The molecule has 0 aliphatic rings. The summed E-state index contributed by atoms with van der Waals surface area (Å²) in [6, 6.07) is 10.4. The quantitative estimate of drug-likeness (QED) is 0.531. The molecule has 2 aromatic rings. The van der Waals surface area contributed by atoms with Gasteiger partial charge in [0, 0.05) is 18.2 Å². The first-order valence-corrected chi connectivity index (χ1v) is 6.45. The highest BCUT2D eigenvalue weighted by molar-refractivity contribution is 6.02. The number of benzene rings is 2. The van der Waals surface area contributed by atoms with Gasteiger partial charge in [-0.1, -0.05) is 29.8 Å². The van der Waals surface area contributed by atoms with Gasteiger partial charge in [-0.3, -0.25) is 14.9 Å². The van der Waals surface area contributed by atoms with Gasteiger partial charge >= 0.3 is 0 Å². The van der Waals surface area contributed by atoms with Crippen LogP contribution in [0.5, 0.6) is 0 Å². The van der Waals surface area contributed by atoms with Gasteiger partial charge in [0.1, 0.15) is 5.82 Å². The second-order valence-electron chi connectivity index (χ2n) is 4.65. The Labute approximate surface area is 126 Å². The monoisotopic (exact) mass is 300 g/mol. The number of aryl methyl sites for hydroxylation is 1. The summed E-state index contributed by atoms with van der Waals surface area (Å²) in [5.74, 6) is -1.30. The molecule has 0 spiro atoms. The Hall–Kier alpha value is -3.02. The zero-order chi connectivity index (χ0) is 16.1. The lowest BCUT2D eigenvalue weighted by molar-refractivity contribution is -0.384. The smallest absolute Gasteiger partial charge is 0.271 e. The molecule has 0 fully saturated rings. The molecule has 0 saturated carbocycles. The summed E-state index contributed by atoms with van der Waals surface area (Å²) >= 11 is 0. The predicted octanol–water partition coefficient (Wildman–Crippen LogP) is 3.69. The maximum Gasteiger partial charge on any atom is 0.271 e. The van der Waals surface area contributed by atoms with E-state index < -0.39 is 16.6 Å². The van der Waals surface area contributed by atoms with E-state index >= 15 is 0 Å². The lowest BCUT2D eigenvalue weighted by Crippen LogP contribution is -2.09. The van der Waals surface area contributed by atoms with Crippen LogP contribution in [0.3, 0.4) is 0 Å². The second kappa shape index (κ2) is 6.62. The van der Waals surface area contributed by atoms with Gasteiger partial charge in [0.05, 0.1) is 10.6 Å². The molecule has 1 N–H and O–H groups in total. The van der Waals surface area contributed by atoms with Gasteiger partial charge in [0.2, 0.25) is 5.91 Å². The van der Waals surface area contributed by atoms with Gasteiger partial charge in [-0.15, -0.1) is 0 Å². The Morgan fingerprint density at radius 3 is 2.55 bits per heavy atom. The van der Waals surface area contributed by atoms with E-state index in [0.717, 1.165) is 29.3 Å². The number of rotatable bonds is 4. The molecule has 0 saturated heterocycles. The normalized spacial score (nSPS) is 10.6. The molecule has 0 bridgehead atoms. The van der Waals surface area contributed by atoms with Crippen LogP contribution in [0.25, 0.3) is 6.08 Å². The number of amides is 1. The highest BCUT2D eigenvalue weighted by atomic mass is 19.1.